The van der Waals surface area contributed by atoms with Crippen LogP contribution in [0.2, 0.25) is 0 Å². The number of fused-ring (bicyclic) bond motifs is 1. The van der Waals surface area contributed by atoms with Gasteiger partial charge in [0.15, 0.2) is 11.4 Å². The van der Waals surface area contributed by atoms with E-state index in [-0.39, 0.29) is 12.0 Å². The SMILES string of the molecule is CCOc1cccn2c(C(=O)NC3(CC)CCCN(C(=O)OC(C)(C)C)C3)c(C)nc12. The highest BCUT2D eigenvalue weighted by atomic mass is 16.6. The molecule has 1 fully saturated rings. The molecule has 0 bridgehead atoms. The van der Waals surface area contributed by atoms with Crippen LogP contribution in [0.1, 0.15) is 70.1 Å². The number of hydrogen-bond donors (Lipinski definition) is 1. The van der Waals surface area contributed by atoms with Crippen molar-refractivity contribution in [2.75, 3.05) is 19.7 Å². The van der Waals surface area contributed by atoms with Crippen LogP contribution in [0.5, 0.6) is 5.75 Å². The number of hydrogen-bond acceptors (Lipinski definition) is 5. The first-order valence-electron chi connectivity index (χ1n) is 11.0. The number of aromatic nitrogens is 2. The summed E-state index contributed by atoms with van der Waals surface area (Å²) in [6.45, 7) is 12.9. The first-order valence-corrected chi connectivity index (χ1v) is 11.0. The average Bonchev–Trinajstić information content (AvgIpc) is 3.04. The Morgan fingerprint density at radius 1 is 1.29 bits per heavy atom. The summed E-state index contributed by atoms with van der Waals surface area (Å²) in [6, 6.07) is 3.69. The van der Waals surface area contributed by atoms with E-state index in [0.717, 1.165) is 12.8 Å². The third-order valence-electron chi connectivity index (χ3n) is 5.59. The highest BCUT2D eigenvalue weighted by Gasteiger charge is 2.39. The molecule has 1 unspecified atom stereocenters. The summed E-state index contributed by atoms with van der Waals surface area (Å²) in [6.07, 6.45) is 3.78. The van der Waals surface area contributed by atoms with Gasteiger partial charge in [-0.05, 0) is 66.0 Å². The third kappa shape index (κ3) is 4.94. The number of pyridine rings is 1. The van der Waals surface area contributed by atoms with Crippen molar-refractivity contribution in [3.63, 3.8) is 0 Å². The summed E-state index contributed by atoms with van der Waals surface area (Å²) in [7, 11) is 0. The second-order valence-electron chi connectivity index (χ2n) is 9.14. The average molecular weight is 431 g/mol. The molecule has 1 saturated heterocycles. The van der Waals surface area contributed by atoms with Gasteiger partial charge in [0.25, 0.3) is 5.91 Å². The number of rotatable bonds is 5. The van der Waals surface area contributed by atoms with Crippen LogP contribution in [-0.4, -0.2) is 57.1 Å². The first kappa shape index (κ1) is 22.9. The maximum Gasteiger partial charge on any atom is 0.410 e. The lowest BCUT2D eigenvalue weighted by Crippen LogP contribution is -2.60. The largest absolute Gasteiger partial charge is 0.490 e. The molecule has 1 N–H and O–H groups in total. The number of nitrogens with one attached hydrogen (secondary N) is 1. The first-order chi connectivity index (χ1) is 14.6. The van der Waals surface area contributed by atoms with Crippen molar-refractivity contribution in [3.05, 3.63) is 29.7 Å². The van der Waals surface area contributed by atoms with Gasteiger partial charge < -0.3 is 19.7 Å². The Labute approximate surface area is 183 Å². The summed E-state index contributed by atoms with van der Waals surface area (Å²) in [5.74, 6) is 0.442. The lowest BCUT2D eigenvalue weighted by Gasteiger charge is -2.43. The Bertz CT molecular complexity index is 962. The van der Waals surface area contributed by atoms with Crippen LogP contribution in [-0.2, 0) is 4.74 Å². The normalized spacial score (nSPS) is 19.4. The fourth-order valence-electron chi connectivity index (χ4n) is 4.09. The summed E-state index contributed by atoms with van der Waals surface area (Å²) < 4.78 is 13.0. The maximum atomic E-state index is 13.4. The topological polar surface area (TPSA) is 85.2 Å². The lowest BCUT2D eigenvalue weighted by atomic mass is 9.86. The molecule has 0 spiro atoms. The minimum absolute atomic E-state index is 0.202. The third-order valence-corrected chi connectivity index (χ3v) is 5.59. The predicted molar refractivity (Wildman–Crippen MR) is 119 cm³/mol. The van der Waals surface area contributed by atoms with Gasteiger partial charge in [-0.15, -0.1) is 0 Å². The molecule has 170 valence electrons. The van der Waals surface area contributed by atoms with Crippen molar-refractivity contribution < 1.29 is 19.1 Å². The molecule has 1 aliphatic rings. The van der Waals surface area contributed by atoms with Gasteiger partial charge in [-0.25, -0.2) is 9.78 Å². The minimum atomic E-state index is -0.557. The number of carbonyl (C=O) groups is 2. The summed E-state index contributed by atoms with van der Waals surface area (Å²) >= 11 is 0. The standard InChI is InChI=1S/C23H34N4O4/c1-7-23(12-10-13-26(15-23)21(29)31-22(4,5)6)25-20(28)18-16(3)24-19-17(30-8-2)11-9-14-27(18)19/h9,11,14H,7-8,10,12-13,15H2,1-6H3,(H,25,28). The van der Waals surface area contributed by atoms with E-state index in [9.17, 15) is 9.59 Å². The summed E-state index contributed by atoms with van der Waals surface area (Å²) in [5, 5.41) is 3.23. The molecule has 2 aromatic heterocycles. The quantitative estimate of drug-likeness (QED) is 0.776. The van der Waals surface area contributed by atoms with E-state index in [1.54, 1.807) is 9.30 Å². The molecule has 8 nitrogen and oxygen atoms in total. The second kappa shape index (κ2) is 8.77. The van der Waals surface area contributed by atoms with E-state index in [1.165, 1.54) is 0 Å². The Balaban J connectivity index is 1.85. The van der Waals surface area contributed by atoms with E-state index in [0.29, 0.717) is 48.9 Å². The van der Waals surface area contributed by atoms with Gasteiger partial charge in [0.05, 0.1) is 17.8 Å². The van der Waals surface area contributed by atoms with E-state index in [1.807, 2.05) is 59.9 Å². The monoisotopic (exact) mass is 430 g/mol. The predicted octanol–water partition coefficient (Wildman–Crippen LogP) is 3.95. The minimum Gasteiger partial charge on any atom is -0.490 e. The van der Waals surface area contributed by atoms with E-state index < -0.39 is 11.1 Å². The molecule has 3 heterocycles. The Kier molecular flexibility index (Phi) is 6.48. The zero-order valence-electron chi connectivity index (χ0n) is 19.4. The van der Waals surface area contributed by atoms with Gasteiger partial charge >= 0.3 is 6.09 Å². The van der Waals surface area contributed by atoms with Crippen molar-refractivity contribution in [2.45, 2.75) is 71.9 Å². The van der Waals surface area contributed by atoms with Gasteiger partial charge in [-0.2, -0.15) is 0 Å². The van der Waals surface area contributed by atoms with Crippen molar-refractivity contribution in [3.8, 4) is 5.75 Å². The Hall–Kier alpha value is -2.77. The van der Waals surface area contributed by atoms with Gasteiger partial charge in [0, 0.05) is 19.3 Å². The molecular weight excluding hydrogens is 396 g/mol. The van der Waals surface area contributed by atoms with Crippen LogP contribution in [0, 0.1) is 6.92 Å². The molecule has 0 saturated carbocycles. The van der Waals surface area contributed by atoms with Crippen LogP contribution in [0.25, 0.3) is 5.65 Å². The molecule has 31 heavy (non-hydrogen) atoms. The fraction of sp³-hybridized carbons (Fsp3) is 0.609. The molecule has 2 aromatic rings. The smallest absolute Gasteiger partial charge is 0.410 e. The molecule has 0 aliphatic carbocycles. The van der Waals surface area contributed by atoms with E-state index >= 15 is 0 Å². The van der Waals surface area contributed by atoms with Crippen molar-refractivity contribution in [1.29, 1.82) is 0 Å². The number of amides is 2. The molecule has 8 heteroatoms. The molecular formula is C23H34N4O4. The molecule has 0 aromatic carbocycles. The molecule has 1 atom stereocenters. The van der Waals surface area contributed by atoms with E-state index in [4.69, 9.17) is 9.47 Å². The number of piperidine rings is 1. The van der Waals surface area contributed by atoms with Crippen LogP contribution in [0.4, 0.5) is 4.79 Å². The summed E-state index contributed by atoms with van der Waals surface area (Å²) in [5.41, 5.74) is 0.671. The molecule has 0 radical (unpaired) electrons. The van der Waals surface area contributed by atoms with Crippen LogP contribution < -0.4 is 10.1 Å². The van der Waals surface area contributed by atoms with Crippen molar-refractivity contribution in [2.24, 2.45) is 0 Å². The van der Waals surface area contributed by atoms with E-state index in [2.05, 4.69) is 10.3 Å². The van der Waals surface area contributed by atoms with Gasteiger partial charge in [-0.1, -0.05) is 6.92 Å². The number of aryl methyl sites for hydroxylation is 1. The van der Waals surface area contributed by atoms with Crippen molar-refractivity contribution in [1.82, 2.24) is 19.6 Å². The second-order valence-corrected chi connectivity index (χ2v) is 9.14. The van der Waals surface area contributed by atoms with Crippen LogP contribution >= 0.6 is 0 Å². The molecule has 1 aliphatic heterocycles. The van der Waals surface area contributed by atoms with Crippen LogP contribution in [0.3, 0.4) is 0 Å². The highest BCUT2D eigenvalue weighted by molar-refractivity contribution is 5.95. The fourth-order valence-corrected chi connectivity index (χ4v) is 4.09. The number of ether oxygens (including phenoxy) is 2. The Morgan fingerprint density at radius 3 is 2.68 bits per heavy atom. The van der Waals surface area contributed by atoms with Crippen molar-refractivity contribution >= 4 is 17.6 Å². The van der Waals surface area contributed by atoms with Gasteiger partial charge in [0.2, 0.25) is 0 Å². The Morgan fingerprint density at radius 2 is 2.03 bits per heavy atom. The number of carbonyl (C=O) groups excluding carboxylic acids is 2. The lowest BCUT2D eigenvalue weighted by molar-refractivity contribution is 0.0102. The zero-order chi connectivity index (χ0) is 22.8. The van der Waals surface area contributed by atoms with Crippen LogP contribution in [0.15, 0.2) is 18.3 Å². The number of imidazole rings is 1. The molecule has 2 amide bonds. The zero-order valence-corrected chi connectivity index (χ0v) is 19.4. The number of likely N-dealkylation sites (tertiary alicyclic amines) is 1. The highest BCUT2D eigenvalue weighted by Crippen LogP contribution is 2.28. The number of nitrogens with zero attached hydrogens (tertiary/aromatic N) is 3. The van der Waals surface area contributed by atoms with Gasteiger partial charge in [0.1, 0.15) is 11.3 Å². The maximum absolute atomic E-state index is 13.4. The molecule has 3 rings (SSSR count). The summed E-state index contributed by atoms with van der Waals surface area (Å²) in [4.78, 5) is 32.3. The van der Waals surface area contributed by atoms with Gasteiger partial charge in [-0.3, -0.25) is 9.20 Å².